The zero-order chi connectivity index (χ0) is 16.7. The average Bonchev–Trinajstić information content (AvgIpc) is 2.50. The van der Waals surface area contributed by atoms with Gasteiger partial charge in [-0.3, -0.25) is 9.69 Å². The molecule has 0 saturated heterocycles. The van der Waals surface area contributed by atoms with Crippen molar-refractivity contribution in [3.8, 4) is 5.75 Å². The van der Waals surface area contributed by atoms with E-state index in [9.17, 15) is 4.79 Å². The number of benzene rings is 1. The maximum absolute atomic E-state index is 11.7. The van der Waals surface area contributed by atoms with Crippen LogP contribution in [0.5, 0.6) is 5.75 Å². The van der Waals surface area contributed by atoms with Gasteiger partial charge in [0.25, 0.3) is 0 Å². The first-order valence-electron chi connectivity index (χ1n) is 8.32. The highest BCUT2D eigenvalue weighted by Crippen LogP contribution is 2.26. The van der Waals surface area contributed by atoms with Gasteiger partial charge in [0.2, 0.25) is 0 Å². The molecule has 0 amide bonds. The van der Waals surface area contributed by atoms with Gasteiger partial charge in [0.05, 0.1) is 7.11 Å². The Balaban J connectivity index is 2.68. The number of hydrogen-bond acceptors (Lipinski definition) is 3. The summed E-state index contributed by atoms with van der Waals surface area (Å²) in [6.07, 6.45) is 1.62. The molecular weight excluding hydrogens is 274 g/mol. The van der Waals surface area contributed by atoms with Gasteiger partial charge in [0.1, 0.15) is 11.5 Å². The second-order valence-corrected chi connectivity index (χ2v) is 6.25. The van der Waals surface area contributed by atoms with Crippen LogP contribution in [0.2, 0.25) is 0 Å². The van der Waals surface area contributed by atoms with Crippen LogP contribution in [0.4, 0.5) is 0 Å². The molecule has 1 rings (SSSR count). The maximum atomic E-state index is 11.7. The van der Waals surface area contributed by atoms with Crippen molar-refractivity contribution in [2.45, 2.75) is 53.5 Å². The van der Waals surface area contributed by atoms with Crippen molar-refractivity contribution in [3.63, 3.8) is 0 Å². The van der Waals surface area contributed by atoms with Crippen LogP contribution in [0.3, 0.4) is 0 Å². The van der Waals surface area contributed by atoms with Gasteiger partial charge >= 0.3 is 0 Å². The molecule has 0 fully saturated rings. The molecule has 3 nitrogen and oxygen atoms in total. The SMILES string of the molecule is CCN(CCCC(=O)C(C)C)C(C)c1ccc(OC)cc1C. The summed E-state index contributed by atoms with van der Waals surface area (Å²) in [4.78, 5) is 14.2. The van der Waals surface area contributed by atoms with Gasteiger partial charge in [0.15, 0.2) is 0 Å². The number of nitrogens with zero attached hydrogens (tertiary/aromatic N) is 1. The molecule has 1 atom stereocenters. The van der Waals surface area contributed by atoms with E-state index in [2.05, 4.69) is 37.8 Å². The molecule has 124 valence electrons. The molecule has 22 heavy (non-hydrogen) atoms. The lowest BCUT2D eigenvalue weighted by atomic mass is 10.00. The summed E-state index contributed by atoms with van der Waals surface area (Å²) in [5.74, 6) is 1.42. The number of Topliss-reactive ketones (excluding diaryl/α,β-unsaturated/α-hetero) is 1. The van der Waals surface area contributed by atoms with E-state index in [-0.39, 0.29) is 5.92 Å². The van der Waals surface area contributed by atoms with Crippen LogP contribution in [-0.2, 0) is 4.79 Å². The Hall–Kier alpha value is -1.35. The fraction of sp³-hybridized carbons (Fsp3) is 0.632. The molecule has 0 aromatic heterocycles. The van der Waals surface area contributed by atoms with E-state index < -0.39 is 0 Å². The smallest absolute Gasteiger partial charge is 0.135 e. The largest absolute Gasteiger partial charge is 0.497 e. The zero-order valence-electron chi connectivity index (χ0n) is 15.0. The Labute approximate surface area is 135 Å². The summed E-state index contributed by atoms with van der Waals surface area (Å²) in [5.41, 5.74) is 2.58. The molecule has 3 heteroatoms. The van der Waals surface area contributed by atoms with Crippen LogP contribution >= 0.6 is 0 Å². The fourth-order valence-corrected chi connectivity index (χ4v) is 2.81. The minimum absolute atomic E-state index is 0.149. The molecule has 0 aliphatic rings. The number of hydrogen-bond donors (Lipinski definition) is 0. The van der Waals surface area contributed by atoms with Gasteiger partial charge in [-0.05, 0) is 56.6 Å². The molecule has 0 bridgehead atoms. The van der Waals surface area contributed by atoms with E-state index in [0.717, 1.165) is 25.3 Å². The van der Waals surface area contributed by atoms with Crippen LogP contribution in [0.25, 0.3) is 0 Å². The molecule has 0 aliphatic heterocycles. The Bertz CT molecular complexity index is 482. The zero-order valence-corrected chi connectivity index (χ0v) is 15.0. The predicted octanol–water partition coefficient (Wildman–Crippen LogP) is 4.39. The lowest BCUT2D eigenvalue weighted by Gasteiger charge is -2.29. The molecule has 0 radical (unpaired) electrons. The summed E-state index contributed by atoms with van der Waals surface area (Å²) in [7, 11) is 1.70. The summed E-state index contributed by atoms with van der Waals surface area (Å²) in [6.45, 7) is 12.4. The summed E-state index contributed by atoms with van der Waals surface area (Å²) in [5, 5.41) is 0. The summed E-state index contributed by atoms with van der Waals surface area (Å²) in [6, 6.07) is 6.61. The van der Waals surface area contributed by atoms with Crippen LogP contribution in [0.1, 0.15) is 57.7 Å². The third kappa shape index (κ3) is 5.13. The molecule has 1 aromatic carbocycles. The second kappa shape index (κ2) is 8.94. The number of ketones is 1. The van der Waals surface area contributed by atoms with Gasteiger partial charge in [0, 0.05) is 18.4 Å². The Morgan fingerprint density at radius 2 is 1.95 bits per heavy atom. The maximum Gasteiger partial charge on any atom is 0.135 e. The van der Waals surface area contributed by atoms with E-state index in [1.807, 2.05) is 19.9 Å². The monoisotopic (exact) mass is 305 g/mol. The third-order valence-electron chi connectivity index (χ3n) is 4.39. The van der Waals surface area contributed by atoms with Crippen molar-refractivity contribution >= 4 is 5.78 Å². The van der Waals surface area contributed by atoms with Crippen molar-refractivity contribution in [1.82, 2.24) is 4.90 Å². The summed E-state index contributed by atoms with van der Waals surface area (Å²) >= 11 is 0. The highest BCUT2D eigenvalue weighted by molar-refractivity contribution is 5.80. The first kappa shape index (κ1) is 18.7. The lowest BCUT2D eigenvalue weighted by molar-refractivity contribution is -0.122. The number of aryl methyl sites for hydroxylation is 1. The van der Waals surface area contributed by atoms with Crippen LogP contribution < -0.4 is 4.74 Å². The van der Waals surface area contributed by atoms with Crippen molar-refractivity contribution in [1.29, 1.82) is 0 Å². The first-order chi connectivity index (χ1) is 10.4. The van der Waals surface area contributed by atoms with E-state index >= 15 is 0 Å². The van der Waals surface area contributed by atoms with Gasteiger partial charge in [-0.25, -0.2) is 0 Å². The molecule has 1 aromatic rings. The minimum Gasteiger partial charge on any atom is -0.497 e. The average molecular weight is 305 g/mol. The molecule has 1 unspecified atom stereocenters. The van der Waals surface area contributed by atoms with Gasteiger partial charge < -0.3 is 4.74 Å². The molecule has 0 spiro atoms. The van der Waals surface area contributed by atoms with Gasteiger partial charge in [-0.1, -0.05) is 26.8 Å². The highest BCUT2D eigenvalue weighted by Gasteiger charge is 2.17. The predicted molar refractivity (Wildman–Crippen MR) is 92.5 cm³/mol. The van der Waals surface area contributed by atoms with Crippen LogP contribution in [0.15, 0.2) is 18.2 Å². The van der Waals surface area contributed by atoms with Crippen LogP contribution in [-0.4, -0.2) is 30.9 Å². The van der Waals surface area contributed by atoms with E-state index in [0.29, 0.717) is 18.2 Å². The second-order valence-electron chi connectivity index (χ2n) is 6.25. The number of ether oxygens (including phenoxy) is 1. The third-order valence-corrected chi connectivity index (χ3v) is 4.39. The first-order valence-corrected chi connectivity index (χ1v) is 8.32. The molecule has 0 aliphatic carbocycles. The number of carbonyl (C=O) groups is 1. The van der Waals surface area contributed by atoms with Crippen molar-refractivity contribution in [2.75, 3.05) is 20.2 Å². The minimum atomic E-state index is 0.149. The van der Waals surface area contributed by atoms with Crippen molar-refractivity contribution in [2.24, 2.45) is 5.92 Å². The standard InChI is InChI=1S/C19H31NO2/c1-7-20(12-8-9-19(21)14(2)3)16(5)18-11-10-17(22-6)13-15(18)4/h10-11,13-14,16H,7-9,12H2,1-6H3. The normalized spacial score (nSPS) is 12.7. The number of carbonyl (C=O) groups excluding carboxylic acids is 1. The van der Waals surface area contributed by atoms with E-state index in [4.69, 9.17) is 4.74 Å². The van der Waals surface area contributed by atoms with E-state index in [1.54, 1.807) is 7.11 Å². The highest BCUT2D eigenvalue weighted by atomic mass is 16.5. The summed E-state index contributed by atoms with van der Waals surface area (Å²) < 4.78 is 5.28. The van der Waals surface area contributed by atoms with Gasteiger partial charge in [-0.2, -0.15) is 0 Å². The number of methoxy groups -OCH3 is 1. The van der Waals surface area contributed by atoms with Crippen molar-refractivity contribution < 1.29 is 9.53 Å². The Morgan fingerprint density at radius 1 is 1.27 bits per heavy atom. The van der Waals surface area contributed by atoms with Gasteiger partial charge in [-0.15, -0.1) is 0 Å². The molecule has 0 heterocycles. The quantitative estimate of drug-likeness (QED) is 0.677. The molecular formula is C19H31NO2. The number of rotatable bonds is 9. The molecule has 0 N–H and O–H groups in total. The topological polar surface area (TPSA) is 29.5 Å². The lowest BCUT2D eigenvalue weighted by Crippen LogP contribution is -2.29. The Kier molecular flexibility index (Phi) is 7.60. The van der Waals surface area contributed by atoms with Crippen molar-refractivity contribution in [3.05, 3.63) is 29.3 Å². The Morgan fingerprint density at radius 3 is 2.45 bits per heavy atom. The van der Waals surface area contributed by atoms with E-state index in [1.165, 1.54) is 11.1 Å². The molecule has 0 saturated carbocycles. The van der Waals surface area contributed by atoms with Crippen LogP contribution in [0, 0.1) is 12.8 Å². The fourth-order valence-electron chi connectivity index (χ4n) is 2.81.